The van der Waals surface area contributed by atoms with Crippen molar-refractivity contribution in [2.45, 2.75) is 75.7 Å². The number of thiophene rings is 1. The van der Waals surface area contributed by atoms with Gasteiger partial charge in [-0.25, -0.2) is 13.8 Å². The second kappa shape index (κ2) is 8.60. The molecule has 168 valence electrons. The van der Waals surface area contributed by atoms with Crippen LogP contribution in [0.25, 0.3) is 10.2 Å². The first kappa shape index (κ1) is 21.0. The monoisotopic (exact) mass is 451 g/mol. The van der Waals surface area contributed by atoms with E-state index in [1.807, 2.05) is 11.0 Å². The molecule has 31 heavy (non-hydrogen) atoms. The third-order valence-electron chi connectivity index (χ3n) is 6.75. The number of nitrogens with two attached hydrogens (primary N) is 1. The highest BCUT2D eigenvalue weighted by Gasteiger charge is 2.35. The van der Waals surface area contributed by atoms with Gasteiger partial charge in [-0.05, 0) is 56.1 Å². The first-order valence-corrected chi connectivity index (χ1v) is 11.8. The molecule has 0 unspecified atom stereocenters. The number of amides is 1. The summed E-state index contributed by atoms with van der Waals surface area (Å²) in [6, 6.07) is 2.06. The molecule has 2 aliphatic carbocycles. The van der Waals surface area contributed by atoms with Crippen molar-refractivity contribution in [3.05, 3.63) is 22.7 Å². The Morgan fingerprint density at radius 1 is 1.23 bits per heavy atom. The van der Waals surface area contributed by atoms with Gasteiger partial charge in [0.05, 0.1) is 24.6 Å². The lowest BCUT2D eigenvalue weighted by molar-refractivity contribution is -0.197. The molecule has 6 nitrogen and oxygen atoms in total. The molecule has 1 aliphatic heterocycles. The van der Waals surface area contributed by atoms with Gasteiger partial charge in [-0.3, -0.25) is 9.69 Å². The molecule has 1 saturated heterocycles. The molecular weight excluding hydrogens is 424 g/mol. The van der Waals surface area contributed by atoms with Gasteiger partial charge in [0.1, 0.15) is 10.6 Å². The lowest BCUT2D eigenvalue weighted by atomic mass is 9.91. The van der Waals surface area contributed by atoms with Gasteiger partial charge in [0.2, 0.25) is 18.6 Å². The molecule has 2 N–H and O–H groups in total. The van der Waals surface area contributed by atoms with E-state index in [2.05, 4.69) is 9.72 Å². The minimum Gasteiger partial charge on any atom is -0.490 e. The van der Waals surface area contributed by atoms with Crippen LogP contribution in [0.3, 0.4) is 0 Å². The Kier molecular flexibility index (Phi) is 5.83. The molecule has 0 radical (unpaired) electrons. The SMILES string of the molecule is NC(=O)C[C@H]1CCc2sc3nccc(O[C@H]4CC[C@H](N5C[C@@H](F)O[C@H](F)C5)CC4)c3c21. The number of ether oxygens (including phenoxy) is 2. The van der Waals surface area contributed by atoms with E-state index in [4.69, 9.17) is 10.5 Å². The Labute approximate surface area is 183 Å². The van der Waals surface area contributed by atoms with Crippen LogP contribution < -0.4 is 10.5 Å². The van der Waals surface area contributed by atoms with Crippen molar-refractivity contribution >= 4 is 27.5 Å². The van der Waals surface area contributed by atoms with E-state index in [0.29, 0.717) is 6.42 Å². The first-order valence-electron chi connectivity index (χ1n) is 11.0. The van der Waals surface area contributed by atoms with Gasteiger partial charge in [-0.15, -0.1) is 11.3 Å². The summed E-state index contributed by atoms with van der Waals surface area (Å²) >= 11 is 1.68. The number of rotatable bonds is 5. The predicted octanol–water partition coefficient (Wildman–Crippen LogP) is 3.81. The average Bonchev–Trinajstić information content (AvgIpc) is 3.27. The lowest BCUT2D eigenvalue weighted by Crippen LogP contribution is -2.50. The van der Waals surface area contributed by atoms with E-state index in [1.165, 1.54) is 10.4 Å². The molecule has 0 spiro atoms. The maximum absolute atomic E-state index is 13.6. The van der Waals surface area contributed by atoms with Crippen LogP contribution in [-0.4, -0.2) is 53.7 Å². The lowest BCUT2D eigenvalue weighted by Gasteiger charge is -2.40. The zero-order valence-corrected chi connectivity index (χ0v) is 18.1. The van der Waals surface area contributed by atoms with Gasteiger partial charge in [-0.1, -0.05) is 0 Å². The second-order valence-electron chi connectivity index (χ2n) is 8.79. The molecule has 2 fully saturated rings. The highest BCUT2D eigenvalue weighted by atomic mass is 32.1. The average molecular weight is 452 g/mol. The highest BCUT2D eigenvalue weighted by Crippen LogP contribution is 2.48. The van der Waals surface area contributed by atoms with Gasteiger partial charge >= 0.3 is 0 Å². The van der Waals surface area contributed by atoms with E-state index in [9.17, 15) is 13.6 Å². The van der Waals surface area contributed by atoms with Crippen LogP contribution in [0.2, 0.25) is 0 Å². The van der Waals surface area contributed by atoms with Gasteiger partial charge < -0.3 is 15.2 Å². The zero-order valence-electron chi connectivity index (χ0n) is 17.3. The number of carbonyl (C=O) groups is 1. The number of aryl methyl sites for hydroxylation is 1. The van der Waals surface area contributed by atoms with E-state index in [-0.39, 0.29) is 37.1 Å². The fourth-order valence-electron chi connectivity index (χ4n) is 5.37. The summed E-state index contributed by atoms with van der Waals surface area (Å²) in [6.45, 7) is 0.258. The molecular formula is C22H27F2N3O3S. The molecule has 3 aliphatic rings. The van der Waals surface area contributed by atoms with E-state index in [0.717, 1.165) is 54.5 Å². The van der Waals surface area contributed by atoms with Crippen LogP contribution in [0.1, 0.15) is 54.9 Å². The number of primary amides is 1. The number of fused-ring (bicyclic) bond motifs is 3. The minimum absolute atomic E-state index is 0.0526. The predicted molar refractivity (Wildman–Crippen MR) is 114 cm³/mol. The molecule has 2 aromatic rings. The third-order valence-corrected chi connectivity index (χ3v) is 7.92. The van der Waals surface area contributed by atoms with Crippen molar-refractivity contribution in [2.24, 2.45) is 5.73 Å². The summed E-state index contributed by atoms with van der Waals surface area (Å²) in [5.74, 6) is 0.671. The maximum Gasteiger partial charge on any atom is 0.218 e. The molecule has 0 bridgehead atoms. The first-order chi connectivity index (χ1) is 15.0. The molecule has 9 heteroatoms. The molecule has 0 aromatic carbocycles. The van der Waals surface area contributed by atoms with Crippen LogP contribution in [0.5, 0.6) is 5.75 Å². The van der Waals surface area contributed by atoms with Crippen molar-refractivity contribution in [1.82, 2.24) is 9.88 Å². The fraction of sp³-hybridized carbons (Fsp3) is 0.636. The van der Waals surface area contributed by atoms with Crippen LogP contribution >= 0.6 is 11.3 Å². The molecule has 2 aromatic heterocycles. The normalized spacial score (nSPS) is 31.6. The quantitative estimate of drug-likeness (QED) is 0.748. The Balaban J connectivity index is 1.29. The summed E-state index contributed by atoms with van der Waals surface area (Å²) in [4.78, 5) is 20.2. The fourth-order valence-corrected chi connectivity index (χ4v) is 6.63. The summed E-state index contributed by atoms with van der Waals surface area (Å²) in [7, 11) is 0. The number of morpholine rings is 1. The van der Waals surface area contributed by atoms with Crippen molar-refractivity contribution in [3.8, 4) is 5.75 Å². The number of alkyl halides is 2. The van der Waals surface area contributed by atoms with Gasteiger partial charge in [0.25, 0.3) is 0 Å². The van der Waals surface area contributed by atoms with Gasteiger partial charge in [-0.2, -0.15) is 0 Å². The van der Waals surface area contributed by atoms with Crippen molar-refractivity contribution in [2.75, 3.05) is 13.1 Å². The number of halogens is 2. The van der Waals surface area contributed by atoms with Gasteiger partial charge in [0.15, 0.2) is 0 Å². The summed E-state index contributed by atoms with van der Waals surface area (Å²) < 4.78 is 38.2. The maximum atomic E-state index is 13.6. The standard InChI is InChI=1S/C22H27F2N3O3S/c23-17-10-27(11-18(24)30-17)13-2-4-14(5-3-13)29-15-7-8-26-22-21(15)20-12(9-19(25)28)1-6-16(20)31-22/h7-8,12-14,17-18H,1-6,9-11H2,(H2,25,28)/t12-,13-,14-,17+,18+/m1/s1. The van der Waals surface area contributed by atoms with Crippen LogP contribution in [-0.2, 0) is 16.0 Å². The van der Waals surface area contributed by atoms with Gasteiger partial charge in [0, 0.05) is 23.5 Å². The molecule has 3 atom stereocenters. The van der Waals surface area contributed by atoms with E-state index >= 15 is 0 Å². The summed E-state index contributed by atoms with van der Waals surface area (Å²) in [6.07, 6.45) is 4.28. The Hall–Kier alpha value is -1.84. The number of aromatic nitrogens is 1. The van der Waals surface area contributed by atoms with Crippen molar-refractivity contribution in [1.29, 1.82) is 0 Å². The van der Waals surface area contributed by atoms with Crippen LogP contribution in [0.15, 0.2) is 12.3 Å². The minimum atomic E-state index is -1.56. The van der Waals surface area contributed by atoms with Crippen LogP contribution in [0.4, 0.5) is 8.78 Å². The number of carbonyl (C=O) groups excluding carboxylic acids is 1. The van der Waals surface area contributed by atoms with Crippen molar-refractivity contribution in [3.63, 3.8) is 0 Å². The second-order valence-corrected chi connectivity index (χ2v) is 9.88. The molecule has 1 amide bonds. The topological polar surface area (TPSA) is 77.7 Å². The smallest absolute Gasteiger partial charge is 0.218 e. The Morgan fingerprint density at radius 2 is 1.97 bits per heavy atom. The molecule has 5 rings (SSSR count). The molecule has 1 saturated carbocycles. The largest absolute Gasteiger partial charge is 0.490 e. The number of hydrogen-bond acceptors (Lipinski definition) is 6. The Morgan fingerprint density at radius 3 is 2.68 bits per heavy atom. The number of pyridine rings is 1. The van der Waals surface area contributed by atoms with E-state index in [1.54, 1.807) is 17.5 Å². The summed E-state index contributed by atoms with van der Waals surface area (Å²) in [5, 5.41) is 1.03. The third kappa shape index (κ3) is 4.27. The highest BCUT2D eigenvalue weighted by molar-refractivity contribution is 7.19. The van der Waals surface area contributed by atoms with Crippen LogP contribution in [0, 0.1) is 0 Å². The summed E-state index contributed by atoms with van der Waals surface area (Å²) in [5.41, 5.74) is 6.67. The number of hydrogen-bond donors (Lipinski definition) is 1. The molecule has 3 heterocycles. The van der Waals surface area contributed by atoms with E-state index < -0.39 is 12.7 Å². The van der Waals surface area contributed by atoms with Crippen molar-refractivity contribution < 1.29 is 23.0 Å². The Bertz CT molecular complexity index is 953. The zero-order chi connectivity index (χ0) is 21.5. The number of nitrogens with zero attached hydrogens (tertiary/aromatic N) is 2.